The molecule has 2 aliphatic rings. The fraction of sp³-hybridized carbons (Fsp3) is 0.438. The third-order valence-electron chi connectivity index (χ3n) is 4.68. The van der Waals surface area contributed by atoms with Crippen LogP contribution in [0, 0.1) is 6.92 Å². The Morgan fingerprint density at radius 1 is 1.35 bits per heavy atom. The number of phosphoric ester groups is 1. The van der Waals surface area contributed by atoms with E-state index in [2.05, 4.69) is 9.97 Å². The Morgan fingerprint density at radius 2 is 2.13 bits per heavy atom. The number of aliphatic hydroxyl groups excluding tert-OH is 1. The zero-order valence-corrected chi connectivity index (χ0v) is 19.1. The lowest BCUT2D eigenvalue weighted by Gasteiger charge is -2.36. The summed E-state index contributed by atoms with van der Waals surface area (Å²) >= 11 is 1.19. The van der Waals surface area contributed by atoms with E-state index in [4.69, 9.17) is 9.26 Å². The van der Waals surface area contributed by atoms with E-state index in [1.165, 1.54) is 46.5 Å². The van der Waals surface area contributed by atoms with Crippen LogP contribution in [0.3, 0.4) is 0 Å². The van der Waals surface area contributed by atoms with Crippen LogP contribution in [0.1, 0.15) is 11.8 Å². The molecule has 6 atom stereocenters. The fourth-order valence-corrected chi connectivity index (χ4v) is 8.54. The number of pyridine rings is 1. The molecule has 0 aliphatic carbocycles. The summed E-state index contributed by atoms with van der Waals surface area (Å²) in [4.78, 5) is 49.2. The summed E-state index contributed by atoms with van der Waals surface area (Å²) in [5.41, 5.74) is -1.01. The largest absolute Gasteiger partial charge is 0.469 e. The molecule has 2 bridgehead atoms. The molecule has 2 aromatic heterocycles. The van der Waals surface area contributed by atoms with E-state index in [9.17, 15) is 29.0 Å². The van der Waals surface area contributed by atoms with E-state index in [0.717, 1.165) is 9.59 Å². The molecular formula is C16H18N3O8PS3. The highest BCUT2D eigenvalue weighted by molar-refractivity contribution is 8.78. The van der Waals surface area contributed by atoms with E-state index in [1.807, 2.05) is 12.1 Å². The number of thioether (sulfide) groups is 1. The van der Waals surface area contributed by atoms with Gasteiger partial charge >= 0.3 is 13.5 Å². The minimum absolute atomic E-state index is 0.263. The molecule has 4 rings (SSSR count). The summed E-state index contributed by atoms with van der Waals surface area (Å²) in [6, 6.07) is 5.43. The Hall–Kier alpha value is -1.09. The van der Waals surface area contributed by atoms with Crippen LogP contribution < -0.4 is 11.2 Å². The van der Waals surface area contributed by atoms with Crippen molar-refractivity contribution in [1.29, 1.82) is 0 Å². The third-order valence-corrected chi connectivity index (χ3v) is 9.95. The summed E-state index contributed by atoms with van der Waals surface area (Å²) in [7, 11) is -2.23. The van der Waals surface area contributed by atoms with Gasteiger partial charge in [-0.2, -0.15) is 0 Å². The average molecular weight is 508 g/mol. The molecule has 0 spiro atoms. The molecule has 31 heavy (non-hydrogen) atoms. The maximum atomic E-state index is 12.4. The van der Waals surface area contributed by atoms with Crippen molar-refractivity contribution in [2.45, 2.75) is 46.3 Å². The Labute approximate surface area is 187 Å². The number of hydrogen-bond donors (Lipinski definition) is 4. The Morgan fingerprint density at radius 3 is 2.81 bits per heavy atom. The normalized spacial score (nSPS) is 30.5. The number of aromatic amines is 1. The summed E-state index contributed by atoms with van der Waals surface area (Å²) in [6.07, 6.45) is -1.45. The molecule has 2 fully saturated rings. The second-order valence-corrected chi connectivity index (χ2v) is 12.0. The average Bonchev–Trinajstić information content (AvgIpc) is 2.96. The van der Waals surface area contributed by atoms with Crippen LogP contribution in [-0.4, -0.2) is 57.6 Å². The van der Waals surface area contributed by atoms with Gasteiger partial charge in [-0.25, -0.2) is 14.3 Å². The lowest BCUT2D eigenvalue weighted by atomic mass is 10.1. The van der Waals surface area contributed by atoms with Gasteiger partial charge in [-0.1, -0.05) is 16.9 Å². The van der Waals surface area contributed by atoms with Crippen molar-refractivity contribution in [3.8, 4) is 0 Å². The van der Waals surface area contributed by atoms with Crippen molar-refractivity contribution in [3.05, 3.63) is 57.0 Å². The predicted octanol–water partition coefficient (Wildman–Crippen LogP) is 0.858. The molecule has 0 amide bonds. The number of aromatic nitrogens is 3. The highest BCUT2D eigenvalue weighted by Crippen LogP contribution is 2.56. The van der Waals surface area contributed by atoms with Gasteiger partial charge in [0.2, 0.25) is 0 Å². The van der Waals surface area contributed by atoms with E-state index < -0.39 is 53.4 Å². The molecular weight excluding hydrogens is 489 g/mol. The van der Waals surface area contributed by atoms with Crippen LogP contribution in [0.25, 0.3) is 0 Å². The maximum Gasteiger partial charge on any atom is 0.469 e. The van der Waals surface area contributed by atoms with Crippen LogP contribution >= 0.6 is 41.2 Å². The molecule has 0 saturated carbocycles. The van der Waals surface area contributed by atoms with E-state index in [1.54, 1.807) is 12.3 Å². The van der Waals surface area contributed by atoms with Gasteiger partial charge in [0, 0.05) is 18.0 Å². The topological polar surface area (TPSA) is 164 Å². The number of aryl methyl sites for hydroxylation is 1. The second kappa shape index (κ2) is 9.04. The standard InChI is InChI=1S/C16H18N3O8PS3/c1-7-6-19(16(22)18-13(7)21)14-12-11(27-28(23,24)25)10(26-14)9(20)15(29-12)31-30-8-4-2-3-5-17-8/h2-6,9-12,14-15,20H,1H3,(H,18,21,22)(H2,23,24,25)/t9?,10-,11-,12-,14-,15-/m1/s1. The van der Waals surface area contributed by atoms with Crippen LogP contribution in [-0.2, 0) is 13.8 Å². The Bertz CT molecular complexity index is 1110. The zero-order chi connectivity index (χ0) is 22.3. The number of nitrogens with zero attached hydrogens (tertiary/aromatic N) is 2. The number of H-pyrrole nitrogens is 1. The van der Waals surface area contributed by atoms with Crippen molar-refractivity contribution in [1.82, 2.24) is 14.5 Å². The first kappa shape index (κ1) is 23.1. The van der Waals surface area contributed by atoms with Crippen LogP contribution in [0.2, 0.25) is 0 Å². The Kier molecular flexibility index (Phi) is 6.73. The molecule has 15 heteroatoms. The first-order valence-electron chi connectivity index (χ1n) is 8.93. The van der Waals surface area contributed by atoms with Gasteiger partial charge in [0.15, 0.2) is 6.23 Å². The number of ether oxygens (including phenoxy) is 1. The molecule has 11 nitrogen and oxygen atoms in total. The zero-order valence-electron chi connectivity index (χ0n) is 15.8. The van der Waals surface area contributed by atoms with Gasteiger partial charge in [0.05, 0.1) is 9.83 Å². The molecule has 4 N–H and O–H groups in total. The lowest BCUT2D eigenvalue weighted by Crippen LogP contribution is -2.48. The summed E-state index contributed by atoms with van der Waals surface area (Å²) in [5, 5.41) is 10.9. The van der Waals surface area contributed by atoms with Crippen LogP contribution in [0.5, 0.6) is 0 Å². The van der Waals surface area contributed by atoms with Gasteiger partial charge in [-0.15, -0.1) is 11.8 Å². The van der Waals surface area contributed by atoms with Gasteiger partial charge in [0.25, 0.3) is 5.56 Å². The van der Waals surface area contributed by atoms with E-state index >= 15 is 0 Å². The fourth-order valence-electron chi connectivity index (χ4n) is 3.33. The molecule has 168 valence electrons. The highest BCUT2D eigenvalue weighted by Gasteiger charge is 2.58. The molecule has 1 unspecified atom stereocenters. The third kappa shape index (κ3) is 4.97. The first-order chi connectivity index (χ1) is 14.6. The number of fused-ring (bicyclic) bond motifs is 2. The molecule has 0 radical (unpaired) electrons. The highest BCUT2D eigenvalue weighted by atomic mass is 33.1. The minimum atomic E-state index is -4.90. The molecule has 2 saturated heterocycles. The molecule has 2 aromatic rings. The minimum Gasteiger partial charge on any atom is -0.388 e. The summed E-state index contributed by atoms with van der Waals surface area (Å²) < 4.78 is 23.0. The van der Waals surface area contributed by atoms with Gasteiger partial charge in [-0.05, 0) is 29.9 Å². The number of rotatable bonds is 6. The number of hydrogen-bond acceptors (Lipinski definition) is 10. The van der Waals surface area contributed by atoms with Crippen LogP contribution in [0.15, 0.2) is 45.2 Å². The maximum absolute atomic E-state index is 12.4. The first-order valence-corrected chi connectivity index (χ1v) is 13.6. The van der Waals surface area contributed by atoms with Crippen molar-refractivity contribution < 1.29 is 28.7 Å². The van der Waals surface area contributed by atoms with Gasteiger partial charge in [0.1, 0.15) is 23.3 Å². The molecule has 2 aliphatic heterocycles. The van der Waals surface area contributed by atoms with Crippen molar-refractivity contribution >= 4 is 41.2 Å². The second-order valence-electron chi connectivity index (χ2n) is 6.84. The summed E-state index contributed by atoms with van der Waals surface area (Å²) in [5.74, 6) is 0. The van der Waals surface area contributed by atoms with Crippen molar-refractivity contribution in [2.24, 2.45) is 0 Å². The predicted molar refractivity (Wildman–Crippen MR) is 116 cm³/mol. The Balaban J connectivity index is 1.63. The van der Waals surface area contributed by atoms with E-state index in [-0.39, 0.29) is 5.56 Å². The number of nitrogens with one attached hydrogen (secondary N) is 1. The quantitative estimate of drug-likeness (QED) is 0.322. The monoisotopic (exact) mass is 507 g/mol. The van der Waals surface area contributed by atoms with Crippen LogP contribution in [0.4, 0.5) is 0 Å². The summed E-state index contributed by atoms with van der Waals surface area (Å²) in [6.45, 7) is 1.52. The van der Waals surface area contributed by atoms with Gasteiger partial charge in [-0.3, -0.25) is 18.9 Å². The van der Waals surface area contributed by atoms with Gasteiger partial charge < -0.3 is 19.6 Å². The molecule has 4 heterocycles. The smallest absolute Gasteiger partial charge is 0.388 e. The van der Waals surface area contributed by atoms with Crippen molar-refractivity contribution in [3.63, 3.8) is 0 Å². The molecule has 0 aromatic carbocycles. The number of phosphoric acid groups is 1. The van der Waals surface area contributed by atoms with Crippen molar-refractivity contribution in [2.75, 3.05) is 0 Å². The van der Waals surface area contributed by atoms with E-state index in [0.29, 0.717) is 0 Å². The lowest BCUT2D eigenvalue weighted by molar-refractivity contribution is -0.0755. The number of aliphatic hydroxyl groups is 1. The SMILES string of the molecule is Cc1cn([C@@H]2O[C@@H]3C(O)[C@@H](SSc4ccccn4)S[C@@H]2[C@@H]3OP(=O)(O)O)c(=O)[nH]c1=O.